The molecule has 0 aliphatic carbocycles. The molecule has 0 fully saturated rings. The van der Waals surface area contributed by atoms with E-state index in [0.29, 0.717) is 11.6 Å². The van der Waals surface area contributed by atoms with Gasteiger partial charge in [-0.2, -0.15) is 5.10 Å². The lowest BCUT2D eigenvalue weighted by Gasteiger charge is -2.07. The van der Waals surface area contributed by atoms with Gasteiger partial charge < -0.3 is 0 Å². The molecule has 0 radical (unpaired) electrons. The summed E-state index contributed by atoms with van der Waals surface area (Å²) in [5, 5.41) is 4.51. The van der Waals surface area contributed by atoms with E-state index >= 15 is 0 Å². The third-order valence-corrected chi connectivity index (χ3v) is 2.98. The van der Waals surface area contributed by atoms with Crippen molar-refractivity contribution in [3.05, 3.63) is 42.1 Å². The summed E-state index contributed by atoms with van der Waals surface area (Å²) in [7, 11) is 0. The Labute approximate surface area is 101 Å². The molecule has 0 aliphatic rings. The molecule has 2 aromatic rings. The van der Waals surface area contributed by atoms with Gasteiger partial charge in [-0.3, -0.25) is 9.48 Å². The van der Waals surface area contributed by atoms with Gasteiger partial charge in [0.15, 0.2) is 6.29 Å². The monoisotopic (exact) mass is 228 g/mol. The van der Waals surface area contributed by atoms with Crippen LogP contribution < -0.4 is 0 Å². The van der Waals surface area contributed by atoms with E-state index in [-0.39, 0.29) is 0 Å². The summed E-state index contributed by atoms with van der Waals surface area (Å²) < 4.78 is 1.87. The van der Waals surface area contributed by atoms with E-state index in [1.807, 2.05) is 41.2 Å². The summed E-state index contributed by atoms with van der Waals surface area (Å²) >= 11 is 0. The third kappa shape index (κ3) is 2.28. The summed E-state index contributed by atoms with van der Waals surface area (Å²) in [6, 6.07) is 10.1. The van der Waals surface area contributed by atoms with Crippen molar-refractivity contribution in [1.29, 1.82) is 0 Å². The number of aromatic nitrogens is 2. The Morgan fingerprint density at radius 3 is 2.65 bits per heavy atom. The van der Waals surface area contributed by atoms with Crippen molar-refractivity contribution in [3.63, 3.8) is 0 Å². The first-order valence-corrected chi connectivity index (χ1v) is 5.86. The third-order valence-electron chi connectivity index (χ3n) is 2.98. The quantitative estimate of drug-likeness (QED) is 0.752. The second-order valence-electron chi connectivity index (χ2n) is 4.15. The molecule has 0 N–H and O–H groups in total. The minimum absolute atomic E-state index is 0.311. The highest BCUT2D eigenvalue weighted by Gasteiger charge is 2.12. The van der Waals surface area contributed by atoms with Crippen LogP contribution >= 0.6 is 0 Å². The van der Waals surface area contributed by atoms with Crippen molar-refractivity contribution in [3.8, 4) is 11.3 Å². The van der Waals surface area contributed by atoms with E-state index in [1.54, 1.807) is 0 Å². The lowest BCUT2D eigenvalue weighted by molar-refractivity contribution is 0.112. The number of benzene rings is 1. The van der Waals surface area contributed by atoms with Crippen LogP contribution in [0.2, 0.25) is 0 Å². The molecule has 0 aliphatic heterocycles. The second kappa shape index (κ2) is 4.95. The average molecular weight is 228 g/mol. The molecule has 2 rings (SSSR count). The van der Waals surface area contributed by atoms with E-state index in [9.17, 15) is 4.79 Å². The van der Waals surface area contributed by atoms with Crippen LogP contribution in [0.3, 0.4) is 0 Å². The highest BCUT2D eigenvalue weighted by Crippen LogP contribution is 2.22. The Balaban J connectivity index is 2.47. The highest BCUT2D eigenvalue weighted by molar-refractivity contribution is 5.85. The lowest BCUT2D eigenvalue weighted by Crippen LogP contribution is -2.04. The summed E-state index contributed by atoms with van der Waals surface area (Å²) in [4.78, 5) is 11.1. The number of carbonyl (C=O) groups excluding carboxylic acids is 1. The van der Waals surface area contributed by atoms with Crippen molar-refractivity contribution in [2.24, 2.45) is 0 Å². The molecule has 88 valence electrons. The molecule has 1 aromatic carbocycles. The first kappa shape index (κ1) is 11.6. The van der Waals surface area contributed by atoms with Crippen molar-refractivity contribution in [2.75, 3.05) is 0 Å². The molecular weight excluding hydrogens is 212 g/mol. The normalized spacial score (nSPS) is 12.4. The Morgan fingerprint density at radius 1 is 1.35 bits per heavy atom. The number of carbonyl (C=O) groups is 1. The predicted molar refractivity (Wildman–Crippen MR) is 68.1 cm³/mol. The molecular formula is C14H16N2O. The molecule has 0 bridgehead atoms. The van der Waals surface area contributed by atoms with Crippen molar-refractivity contribution >= 4 is 6.29 Å². The summed E-state index contributed by atoms with van der Waals surface area (Å²) in [5.41, 5.74) is 2.40. The van der Waals surface area contributed by atoms with Crippen molar-refractivity contribution in [1.82, 2.24) is 9.78 Å². The molecule has 1 heterocycles. The van der Waals surface area contributed by atoms with Gasteiger partial charge in [-0.05, 0) is 13.3 Å². The Bertz CT molecular complexity index is 502. The van der Waals surface area contributed by atoms with E-state index in [4.69, 9.17) is 0 Å². The molecule has 0 saturated heterocycles. The van der Waals surface area contributed by atoms with Gasteiger partial charge in [-0.15, -0.1) is 0 Å². The molecule has 3 nitrogen and oxygen atoms in total. The first-order valence-electron chi connectivity index (χ1n) is 5.86. The minimum Gasteiger partial charge on any atom is -0.298 e. The first-order chi connectivity index (χ1) is 8.26. The van der Waals surface area contributed by atoms with E-state index < -0.39 is 0 Å². The van der Waals surface area contributed by atoms with Gasteiger partial charge in [0, 0.05) is 17.8 Å². The van der Waals surface area contributed by atoms with Gasteiger partial charge in [-0.1, -0.05) is 37.3 Å². The number of hydrogen-bond acceptors (Lipinski definition) is 2. The maximum Gasteiger partial charge on any atom is 0.153 e. The van der Waals surface area contributed by atoms with E-state index in [1.165, 1.54) is 0 Å². The molecule has 1 unspecified atom stereocenters. The average Bonchev–Trinajstić information content (AvgIpc) is 2.83. The fourth-order valence-corrected chi connectivity index (χ4v) is 1.73. The molecule has 1 aromatic heterocycles. The molecule has 17 heavy (non-hydrogen) atoms. The van der Waals surface area contributed by atoms with Crippen LogP contribution in [0.25, 0.3) is 11.3 Å². The minimum atomic E-state index is 0.311. The van der Waals surface area contributed by atoms with Crippen LogP contribution in [0.5, 0.6) is 0 Å². The highest BCUT2D eigenvalue weighted by atomic mass is 16.1. The molecule has 0 spiro atoms. The van der Waals surface area contributed by atoms with Crippen LogP contribution in [0.15, 0.2) is 36.5 Å². The van der Waals surface area contributed by atoms with Crippen LogP contribution in [0.1, 0.15) is 36.7 Å². The SMILES string of the molecule is CCC(C)n1cc(C=O)c(-c2ccccc2)n1. The topological polar surface area (TPSA) is 34.9 Å². The van der Waals surface area contributed by atoms with Gasteiger partial charge in [0.2, 0.25) is 0 Å². The van der Waals surface area contributed by atoms with Crippen LogP contribution in [-0.4, -0.2) is 16.1 Å². The number of hydrogen-bond donors (Lipinski definition) is 0. The van der Waals surface area contributed by atoms with Crippen LogP contribution in [0.4, 0.5) is 0 Å². The van der Waals surface area contributed by atoms with Crippen LogP contribution in [0, 0.1) is 0 Å². The zero-order chi connectivity index (χ0) is 12.3. The molecule has 0 saturated carbocycles. The maximum absolute atomic E-state index is 11.1. The van der Waals surface area contributed by atoms with Gasteiger partial charge in [0.05, 0.1) is 5.56 Å². The van der Waals surface area contributed by atoms with Crippen LogP contribution in [-0.2, 0) is 0 Å². The molecule has 0 amide bonds. The summed E-state index contributed by atoms with van der Waals surface area (Å²) in [6.45, 7) is 4.20. The maximum atomic E-state index is 11.1. The Morgan fingerprint density at radius 2 is 2.06 bits per heavy atom. The fourth-order valence-electron chi connectivity index (χ4n) is 1.73. The van der Waals surface area contributed by atoms with E-state index in [0.717, 1.165) is 24.0 Å². The molecule has 3 heteroatoms. The Hall–Kier alpha value is -1.90. The zero-order valence-electron chi connectivity index (χ0n) is 10.1. The lowest BCUT2D eigenvalue weighted by atomic mass is 10.1. The summed E-state index contributed by atoms with van der Waals surface area (Å²) in [6.07, 6.45) is 3.69. The standard InChI is InChI=1S/C14H16N2O/c1-3-11(2)16-9-13(10-17)14(15-16)12-7-5-4-6-8-12/h4-11H,3H2,1-2H3. The zero-order valence-corrected chi connectivity index (χ0v) is 10.1. The smallest absolute Gasteiger partial charge is 0.153 e. The van der Waals surface area contributed by atoms with Gasteiger partial charge in [-0.25, -0.2) is 0 Å². The van der Waals surface area contributed by atoms with E-state index in [2.05, 4.69) is 18.9 Å². The number of aldehydes is 1. The van der Waals surface area contributed by atoms with Gasteiger partial charge in [0.25, 0.3) is 0 Å². The number of rotatable bonds is 4. The summed E-state index contributed by atoms with van der Waals surface area (Å²) in [5.74, 6) is 0. The molecule has 1 atom stereocenters. The fraction of sp³-hybridized carbons (Fsp3) is 0.286. The van der Waals surface area contributed by atoms with Gasteiger partial charge >= 0.3 is 0 Å². The predicted octanol–water partition coefficient (Wildman–Crippen LogP) is 3.33. The van der Waals surface area contributed by atoms with Gasteiger partial charge in [0.1, 0.15) is 5.69 Å². The number of nitrogens with zero attached hydrogens (tertiary/aromatic N) is 2. The van der Waals surface area contributed by atoms with Crippen molar-refractivity contribution in [2.45, 2.75) is 26.3 Å². The largest absolute Gasteiger partial charge is 0.298 e. The Kier molecular flexibility index (Phi) is 3.38. The van der Waals surface area contributed by atoms with Crippen molar-refractivity contribution < 1.29 is 4.79 Å². The second-order valence-corrected chi connectivity index (χ2v) is 4.15.